The molecule has 84 valence electrons. The topological polar surface area (TPSA) is 47.3 Å². The first-order valence-electron chi connectivity index (χ1n) is 5.33. The second-order valence-electron chi connectivity index (χ2n) is 3.55. The molecule has 0 bridgehead atoms. The van der Waals surface area contributed by atoms with Gasteiger partial charge in [0.05, 0.1) is 7.11 Å². The Kier molecular flexibility index (Phi) is 5.15. The Balaban J connectivity index is 2.72. The molecule has 15 heavy (non-hydrogen) atoms. The van der Waals surface area contributed by atoms with E-state index in [1.54, 1.807) is 7.11 Å². The second kappa shape index (κ2) is 6.43. The molecule has 0 aliphatic heterocycles. The first kappa shape index (κ1) is 12.0. The summed E-state index contributed by atoms with van der Waals surface area (Å²) in [6, 6.07) is 8.52. The number of ether oxygens (including phenoxy) is 1. The molecule has 0 aromatic heterocycles. The maximum absolute atomic E-state index is 5.51. The van der Waals surface area contributed by atoms with Gasteiger partial charge in [0.15, 0.2) is 0 Å². The third-order valence-corrected chi connectivity index (χ3v) is 2.54. The zero-order valence-electron chi connectivity index (χ0n) is 9.49. The van der Waals surface area contributed by atoms with E-state index in [0.29, 0.717) is 6.04 Å². The molecule has 1 aromatic carbocycles. The van der Waals surface area contributed by atoms with Gasteiger partial charge in [-0.2, -0.15) is 0 Å². The highest BCUT2D eigenvalue weighted by Gasteiger charge is 2.08. The van der Waals surface area contributed by atoms with E-state index >= 15 is 0 Å². The largest absolute Gasteiger partial charge is 0.497 e. The lowest BCUT2D eigenvalue weighted by Crippen LogP contribution is -2.17. The molecule has 1 atom stereocenters. The number of nitrogens with two attached hydrogens (primary N) is 1. The number of methoxy groups -OCH3 is 1. The maximum atomic E-state index is 5.51. The van der Waals surface area contributed by atoms with Gasteiger partial charge in [-0.05, 0) is 44.1 Å². The summed E-state index contributed by atoms with van der Waals surface area (Å²) in [4.78, 5) is 0. The SMILES string of the molecule is CNC(CCCN)c1cccc(OC)c1. The van der Waals surface area contributed by atoms with Gasteiger partial charge in [-0.15, -0.1) is 0 Å². The zero-order valence-corrected chi connectivity index (χ0v) is 9.49. The van der Waals surface area contributed by atoms with Crippen molar-refractivity contribution in [1.82, 2.24) is 5.32 Å². The third kappa shape index (κ3) is 3.53. The molecule has 3 N–H and O–H groups in total. The minimum absolute atomic E-state index is 0.364. The maximum Gasteiger partial charge on any atom is 0.119 e. The highest BCUT2D eigenvalue weighted by Crippen LogP contribution is 2.21. The molecule has 0 radical (unpaired) electrons. The fourth-order valence-corrected chi connectivity index (χ4v) is 1.66. The van der Waals surface area contributed by atoms with Crippen molar-refractivity contribution in [3.05, 3.63) is 29.8 Å². The minimum Gasteiger partial charge on any atom is -0.497 e. The summed E-state index contributed by atoms with van der Waals surface area (Å²) in [7, 11) is 3.66. The summed E-state index contributed by atoms with van der Waals surface area (Å²) in [5.74, 6) is 0.903. The summed E-state index contributed by atoms with van der Waals surface area (Å²) < 4.78 is 5.20. The van der Waals surface area contributed by atoms with Crippen molar-refractivity contribution in [3.63, 3.8) is 0 Å². The summed E-state index contributed by atoms with van der Waals surface area (Å²) in [5.41, 5.74) is 6.77. The standard InChI is InChI=1S/C12H20N2O/c1-14-12(7-4-8-13)10-5-3-6-11(9-10)15-2/h3,5-6,9,12,14H,4,7-8,13H2,1-2H3. The molecular formula is C12H20N2O. The normalized spacial score (nSPS) is 12.5. The summed E-state index contributed by atoms with van der Waals surface area (Å²) in [6.07, 6.45) is 2.09. The van der Waals surface area contributed by atoms with Crippen LogP contribution in [0, 0.1) is 0 Å². The van der Waals surface area contributed by atoms with Crippen molar-refractivity contribution in [2.45, 2.75) is 18.9 Å². The number of rotatable bonds is 6. The van der Waals surface area contributed by atoms with Crippen LogP contribution in [0.3, 0.4) is 0 Å². The minimum atomic E-state index is 0.364. The van der Waals surface area contributed by atoms with Crippen molar-refractivity contribution in [1.29, 1.82) is 0 Å². The van der Waals surface area contributed by atoms with Crippen LogP contribution >= 0.6 is 0 Å². The van der Waals surface area contributed by atoms with Gasteiger partial charge in [-0.3, -0.25) is 0 Å². The predicted octanol–water partition coefficient (Wildman–Crippen LogP) is 1.69. The first-order valence-corrected chi connectivity index (χ1v) is 5.33. The fourth-order valence-electron chi connectivity index (χ4n) is 1.66. The lowest BCUT2D eigenvalue weighted by Gasteiger charge is -2.16. The Morgan fingerprint density at radius 3 is 2.87 bits per heavy atom. The lowest BCUT2D eigenvalue weighted by atomic mass is 10.0. The monoisotopic (exact) mass is 208 g/mol. The van der Waals surface area contributed by atoms with Crippen LogP contribution < -0.4 is 15.8 Å². The van der Waals surface area contributed by atoms with E-state index in [9.17, 15) is 0 Å². The molecule has 0 saturated carbocycles. The summed E-state index contributed by atoms with van der Waals surface area (Å²) >= 11 is 0. The van der Waals surface area contributed by atoms with Crippen molar-refractivity contribution in [2.24, 2.45) is 5.73 Å². The Labute approximate surface area is 91.6 Å². The van der Waals surface area contributed by atoms with E-state index in [1.807, 2.05) is 19.2 Å². The molecule has 1 unspecified atom stereocenters. The quantitative estimate of drug-likeness (QED) is 0.748. The highest BCUT2D eigenvalue weighted by molar-refractivity contribution is 5.30. The Bertz CT molecular complexity index is 289. The van der Waals surface area contributed by atoms with Crippen LogP contribution in [0.25, 0.3) is 0 Å². The summed E-state index contributed by atoms with van der Waals surface area (Å²) in [6.45, 7) is 0.738. The molecular weight excluding hydrogens is 188 g/mol. The van der Waals surface area contributed by atoms with Crippen LogP contribution in [0.15, 0.2) is 24.3 Å². The molecule has 1 rings (SSSR count). The van der Waals surface area contributed by atoms with Crippen molar-refractivity contribution >= 4 is 0 Å². The molecule has 0 aliphatic carbocycles. The van der Waals surface area contributed by atoms with E-state index < -0.39 is 0 Å². The second-order valence-corrected chi connectivity index (χ2v) is 3.55. The van der Waals surface area contributed by atoms with Crippen LogP contribution in [0.2, 0.25) is 0 Å². The third-order valence-electron chi connectivity index (χ3n) is 2.54. The van der Waals surface area contributed by atoms with E-state index in [4.69, 9.17) is 10.5 Å². The molecule has 3 nitrogen and oxygen atoms in total. The number of hydrogen-bond acceptors (Lipinski definition) is 3. The average molecular weight is 208 g/mol. The lowest BCUT2D eigenvalue weighted by molar-refractivity contribution is 0.412. The molecule has 0 heterocycles. The molecule has 1 aromatic rings. The van der Waals surface area contributed by atoms with Gasteiger partial charge in [0, 0.05) is 6.04 Å². The predicted molar refractivity (Wildman–Crippen MR) is 63.1 cm³/mol. The van der Waals surface area contributed by atoms with Crippen molar-refractivity contribution < 1.29 is 4.74 Å². The van der Waals surface area contributed by atoms with E-state index in [0.717, 1.165) is 25.1 Å². The van der Waals surface area contributed by atoms with Gasteiger partial charge in [-0.25, -0.2) is 0 Å². The van der Waals surface area contributed by atoms with Gasteiger partial charge in [0.1, 0.15) is 5.75 Å². The van der Waals surface area contributed by atoms with Crippen LogP contribution in [0.1, 0.15) is 24.4 Å². The van der Waals surface area contributed by atoms with Gasteiger partial charge < -0.3 is 15.8 Å². The smallest absolute Gasteiger partial charge is 0.119 e. The number of nitrogens with one attached hydrogen (secondary N) is 1. The Morgan fingerprint density at radius 2 is 2.27 bits per heavy atom. The Hall–Kier alpha value is -1.06. The average Bonchev–Trinajstić information content (AvgIpc) is 2.30. The Morgan fingerprint density at radius 1 is 1.47 bits per heavy atom. The zero-order chi connectivity index (χ0) is 11.1. The number of hydrogen-bond donors (Lipinski definition) is 2. The summed E-state index contributed by atoms with van der Waals surface area (Å²) in [5, 5.41) is 3.29. The molecule has 0 fully saturated rings. The van der Waals surface area contributed by atoms with Crippen molar-refractivity contribution in [3.8, 4) is 5.75 Å². The van der Waals surface area contributed by atoms with E-state index in [-0.39, 0.29) is 0 Å². The molecule has 0 saturated heterocycles. The van der Waals surface area contributed by atoms with Crippen LogP contribution in [-0.4, -0.2) is 20.7 Å². The van der Waals surface area contributed by atoms with Crippen LogP contribution in [-0.2, 0) is 0 Å². The van der Waals surface area contributed by atoms with Crippen molar-refractivity contribution in [2.75, 3.05) is 20.7 Å². The van der Waals surface area contributed by atoms with Gasteiger partial charge in [0.2, 0.25) is 0 Å². The van der Waals surface area contributed by atoms with Crippen LogP contribution in [0.5, 0.6) is 5.75 Å². The fraction of sp³-hybridized carbons (Fsp3) is 0.500. The van der Waals surface area contributed by atoms with Gasteiger partial charge in [-0.1, -0.05) is 12.1 Å². The molecule has 0 aliphatic rings. The van der Waals surface area contributed by atoms with Gasteiger partial charge >= 0.3 is 0 Å². The van der Waals surface area contributed by atoms with Crippen LogP contribution in [0.4, 0.5) is 0 Å². The molecule has 3 heteroatoms. The molecule has 0 spiro atoms. The molecule has 0 amide bonds. The number of benzene rings is 1. The van der Waals surface area contributed by atoms with E-state index in [2.05, 4.69) is 17.4 Å². The van der Waals surface area contributed by atoms with Gasteiger partial charge in [0.25, 0.3) is 0 Å². The highest BCUT2D eigenvalue weighted by atomic mass is 16.5. The first-order chi connectivity index (χ1) is 7.31. The van der Waals surface area contributed by atoms with E-state index in [1.165, 1.54) is 5.56 Å².